The molecule has 0 spiro atoms. The molecule has 1 amide bonds. The Morgan fingerprint density at radius 2 is 1.90 bits per heavy atom. The van der Waals surface area contributed by atoms with Crippen molar-refractivity contribution in [3.63, 3.8) is 0 Å². The monoisotopic (exact) mass is 455 g/mol. The van der Waals surface area contributed by atoms with Crippen LogP contribution in [0.5, 0.6) is 0 Å². The van der Waals surface area contributed by atoms with Crippen molar-refractivity contribution in [3.8, 4) is 11.4 Å². The molecule has 0 saturated heterocycles. The number of aromatic nitrogens is 4. The molecular formula is C23H29N5OS2. The molecule has 2 heterocycles. The summed E-state index contributed by atoms with van der Waals surface area (Å²) in [4.78, 5) is 15.7. The summed E-state index contributed by atoms with van der Waals surface area (Å²) in [7, 11) is 0. The Morgan fingerprint density at radius 1 is 1.19 bits per heavy atom. The Balaban J connectivity index is 1.58. The van der Waals surface area contributed by atoms with Gasteiger partial charge in [0.05, 0.1) is 5.69 Å². The molecule has 1 saturated carbocycles. The van der Waals surface area contributed by atoms with Crippen LogP contribution >= 0.6 is 23.1 Å². The Morgan fingerprint density at radius 3 is 2.55 bits per heavy atom. The summed E-state index contributed by atoms with van der Waals surface area (Å²) in [6.45, 7) is 8.18. The van der Waals surface area contributed by atoms with E-state index in [0.29, 0.717) is 16.9 Å². The lowest BCUT2D eigenvalue weighted by Gasteiger charge is -2.20. The normalized spacial score (nSPS) is 14.8. The van der Waals surface area contributed by atoms with Crippen LogP contribution in [0.4, 0.5) is 5.13 Å². The molecule has 1 aromatic carbocycles. The van der Waals surface area contributed by atoms with E-state index >= 15 is 0 Å². The van der Waals surface area contributed by atoms with Gasteiger partial charge in [0.1, 0.15) is 0 Å². The number of hydrogen-bond donors (Lipinski definition) is 1. The van der Waals surface area contributed by atoms with Crippen LogP contribution in [0.1, 0.15) is 70.7 Å². The minimum absolute atomic E-state index is 0.100. The molecule has 31 heavy (non-hydrogen) atoms. The van der Waals surface area contributed by atoms with Gasteiger partial charge in [0.15, 0.2) is 16.1 Å². The molecule has 0 aliphatic heterocycles. The average molecular weight is 456 g/mol. The highest BCUT2D eigenvalue weighted by molar-refractivity contribution is 7.98. The molecule has 3 aromatic rings. The maximum atomic E-state index is 11.2. The molecule has 0 unspecified atom stereocenters. The number of anilines is 1. The van der Waals surface area contributed by atoms with Gasteiger partial charge in [-0.25, -0.2) is 4.98 Å². The molecular weight excluding hydrogens is 426 g/mol. The highest BCUT2D eigenvalue weighted by Gasteiger charge is 2.25. The second kappa shape index (κ2) is 9.12. The van der Waals surface area contributed by atoms with Crippen LogP contribution in [0.3, 0.4) is 0 Å². The molecule has 2 aromatic heterocycles. The molecule has 6 nitrogen and oxygen atoms in total. The smallest absolute Gasteiger partial charge is 0.223 e. The van der Waals surface area contributed by atoms with E-state index in [1.807, 2.05) is 5.38 Å². The van der Waals surface area contributed by atoms with Crippen molar-refractivity contribution in [2.45, 2.75) is 75.7 Å². The summed E-state index contributed by atoms with van der Waals surface area (Å²) in [5, 5.41) is 15.5. The molecule has 1 fully saturated rings. The Kier molecular flexibility index (Phi) is 6.48. The first kappa shape index (κ1) is 22.0. The number of rotatable bonds is 6. The standard InChI is InChI=1S/C23H29N5OS2/c1-15(29)24-21-25-18(13-30-21)14-31-22-27-26-20(28(22)19-7-5-6-8-19)16-9-11-17(12-10-16)23(2,3)4/h9-13,19H,5-8,14H2,1-4H3,(H,24,25,29). The van der Waals surface area contributed by atoms with Crippen LogP contribution in [-0.2, 0) is 16.0 Å². The summed E-state index contributed by atoms with van der Waals surface area (Å²) >= 11 is 3.11. The fraction of sp³-hybridized carbons (Fsp3) is 0.478. The second-order valence-electron chi connectivity index (χ2n) is 9.06. The molecule has 0 bridgehead atoms. The van der Waals surface area contributed by atoms with Crippen molar-refractivity contribution in [2.24, 2.45) is 0 Å². The molecule has 1 aliphatic rings. The first-order valence-corrected chi connectivity index (χ1v) is 12.6. The van der Waals surface area contributed by atoms with Crippen molar-refractivity contribution in [1.82, 2.24) is 19.7 Å². The van der Waals surface area contributed by atoms with Gasteiger partial charge >= 0.3 is 0 Å². The lowest BCUT2D eigenvalue weighted by Crippen LogP contribution is -2.11. The fourth-order valence-corrected chi connectivity index (χ4v) is 5.66. The number of amides is 1. The molecule has 1 aliphatic carbocycles. The minimum atomic E-state index is -0.100. The third kappa shape index (κ3) is 5.18. The summed E-state index contributed by atoms with van der Waals surface area (Å²) in [6.07, 6.45) is 4.84. The van der Waals surface area contributed by atoms with E-state index in [0.717, 1.165) is 22.2 Å². The summed E-state index contributed by atoms with van der Waals surface area (Å²) < 4.78 is 2.34. The lowest BCUT2D eigenvalue weighted by molar-refractivity contribution is -0.114. The minimum Gasteiger partial charge on any atom is -0.302 e. The molecule has 0 atom stereocenters. The maximum absolute atomic E-state index is 11.2. The predicted molar refractivity (Wildman–Crippen MR) is 128 cm³/mol. The van der Waals surface area contributed by atoms with Gasteiger partial charge in [0.2, 0.25) is 5.91 Å². The van der Waals surface area contributed by atoms with E-state index in [9.17, 15) is 4.79 Å². The highest BCUT2D eigenvalue weighted by Crippen LogP contribution is 2.38. The zero-order chi connectivity index (χ0) is 22.0. The number of carbonyl (C=O) groups excluding carboxylic acids is 1. The van der Waals surface area contributed by atoms with Crippen molar-refractivity contribution in [2.75, 3.05) is 5.32 Å². The zero-order valence-corrected chi connectivity index (χ0v) is 20.1. The Hall–Kier alpha value is -2.19. The summed E-state index contributed by atoms with van der Waals surface area (Å²) in [6, 6.07) is 9.19. The average Bonchev–Trinajstić information content (AvgIpc) is 3.46. The molecule has 1 N–H and O–H groups in total. The maximum Gasteiger partial charge on any atom is 0.223 e. The zero-order valence-electron chi connectivity index (χ0n) is 18.5. The van der Waals surface area contributed by atoms with Crippen LogP contribution < -0.4 is 5.32 Å². The molecule has 8 heteroatoms. The molecule has 164 valence electrons. The highest BCUT2D eigenvalue weighted by atomic mass is 32.2. The number of thiazole rings is 1. The third-order valence-electron chi connectivity index (χ3n) is 5.55. The van der Waals surface area contributed by atoms with Crippen molar-refractivity contribution >= 4 is 34.1 Å². The van der Waals surface area contributed by atoms with E-state index in [1.165, 1.54) is 49.5 Å². The van der Waals surface area contributed by atoms with Gasteiger partial charge < -0.3 is 5.32 Å². The van der Waals surface area contributed by atoms with E-state index in [-0.39, 0.29) is 11.3 Å². The first-order valence-electron chi connectivity index (χ1n) is 10.7. The lowest BCUT2D eigenvalue weighted by atomic mass is 9.86. The summed E-state index contributed by atoms with van der Waals surface area (Å²) in [5.74, 6) is 1.55. The third-order valence-corrected chi connectivity index (χ3v) is 7.33. The first-order chi connectivity index (χ1) is 14.8. The van der Waals surface area contributed by atoms with Crippen LogP contribution in [0.25, 0.3) is 11.4 Å². The van der Waals surface area contributed by atoms with Crippen molar-refractivity contribution in [1.29, 1.82) is 0 Å². The topological polar surface area (TPSA) is 72.7 Å². The van der Waals surface area contributed by atoms with Gasteiger partial charge in [-0.2, -0.15) is 0 Å². The summed E-state index contributed by atoms with van der Waals surface area (Å²) in [5.41, 5.74) is 3.50. The van der Waals surface area contributed by atoms with E-state index < -0.39 is 0 Å². The van der Waals surface area contributed by atoms with Crippen molar-refractivity contribution in [3.05, 3.63) is 40.9 Å². The number of hydrogen-bond acceptors (Lipinski definition) is 6. The van der Waals surface area contributed by atoms with E-state index in [2.05, 4.69) is 70.1 Å². The molecule has 0 radical (unpaired) electrons. The van der Waals surface area contributed by atoms with Crippen LogP contribution in [0.2, 0.25) is 0 Å². The Labute approximate surface area is 191 Å². The van der Waals surface area contributed by atoms with Crippen molar-refractivity contribution < 1.29 is 4.79 Å². The Bertz CT molecular complexity index is 1040. The SMILES string of the molecule is CC(=O)Nc1nc(CSc2nnc(-c3ccc(C(C)(C)C)cc3)n2C2CCCC2)cs1. The number of carbonyl (C=O) groups is 1. The van der Waals surface area contributed by atoms with Gasteiger partial charge in [-0.3, -0.25) is 9.36 Å². The van der Waals surface area contributed by atoms with Crippen LogP contribution in [-0.4, -0.2) is 25.7 Å². The second-order valence-corrected chi connectivity index (χ2v) is 10.9. The van der Waals surface area contributed by atoms with Gasteiger partial charge in [-0.15, -0.1) is 21.5 Å². The van der Waals surface area contributed by atoms with E-state index in [1.54, 1.807) is 11.8 Å². The van der Waals surface area contributed by atoms with Gasteiger partial charge in [0, 0.05) is 29.7 Å². The number of benzene rings is 1. The fourth-order valence-electron chi connectivity index (χ4n) is 3.90. The largest absolute Gasteiger partial charge is 0.302 e. The van der Waals surface area contributed by atoms with Gasteiger partial charge in [0.25, 0.3) is 0 Å². The van der Waals surface area contributed by atoms with E-state index in [4.69, 9.17) is 0 Å². The van der Waals surface area contributed by atoms with Crippen LogP contribution in [0, 0.1) is 0 Å². The number of thioether (sulfide) groups is 1. The van der Waals surface area contributed by atoms with Gasteiger partial charge in [-0.05, 0) is 23.8 Å². The quantitative estimate of drug-likeness (QED) is 0.457. The molecule has 4 rings (SSSR count). The van der Waals surface area contributed by atoms with Gasteiger partial charge in [-0.1, -0.05) is 69.6 Å². The number of nitrogens with one attached hydrogen (secondary N) is 1. The number of nitrogens with zero attached hydrogens (tertiary/aromatic N) is 4. The predicted octanol–water partition coefficient (Wildman–Crippen LogP) is 6.06. The van der Waals surface area contributed by atoms with Crippen LogP contribution in [0.15, 0.2) is 34.8 Å².